The fraction of sp³-hybridized carbons (Fsp3) is 0.455. The van der Waals surface area contributed by atoms with Gasteiger partial charge in [-0.05, 0) is 18.6 Å². The molecule has 1 unspecified atom stereocenters. The Bertz CT molecular complexity index is 276. The summed E-state index contributed by atoms with van der Waals surface area (Å²) in [6.45, 7) is 2.14. The third-order valence-electron chi connectivity index (χ3n) is 1.94. The molecule has 1 atom stereocenters. The molecule has 0 fully saturated rings. The second-order valence-electron chi connectivity index (χ2n) is 3.18. The van der Waals surface area contributed by atoms with E-state index < -0.39 is 0 Å². The molecule has 2 nitrogen and oxygen atoms in total. The second-order valence-corrected chi connectivity index (χ2v) is 3.18. The van der Waals surface area contributed by atoms with E-state index in [2.05, 4.69) is 0 Å². The highest BCUT2D eigenvalue weighted by Gasteiger charge is 2.06. The first-order chi connectivity index (χ1) is 6.74. The van der Waals surface area contributed by atoms with Crippen molar-refractivity contribution >= 4 is 0 Å². The van der Waals surface area contributed by atoms with E-state index in [-0.39, 0.29) is 18.7 Å². The summed E-state index contributed by atoms with van der Waals surface area (Å²) in [5.41, 5.74) is 0.677. The van der Waals surface area contributed by atoms with Crippen LogP contribution in [0, 0.1) is 5.82 Å². The first-order valence-corrected chi connectivity index (χ1v) is 4.58. The zero-order chi connectivity index (χ0) is 10.4. The van der Waals surface area contributed by atoms with Crippen molar-refractivity contribution in [3.05, 3.63) is 35.6 Å². The Labute approximate surface area is 83.6 Å². The van der Waals surface area contributed by atoms with E-state index in [1.807, 2.05) is 13.0 Å². The zero-order valence-corrected chi connectivity index (χ0v) is 8.50. The Kier molecular flexibility index (Phi) is 4.56. The molecule has 0 aromatic heterocycles. The van der Waals surface area contributed by atoms with Gasteiger partial charge >= 0.3 is 0 Å². The number of benzene rings is 1. The molecule has 0 aliphatic carbocycles. The standard InChI is InChI=1S/C11H15FO2/c1-9(14-8-13-2)7-10-5-3-4-6-11(10)12/h3-6,9H,7-8H2,1-2H3. The Morgan fingerprint density at radius 3 is 2.71 bits per heavy atom. The number of hydrogen-bond acceptors (Lipinski definition) is 2. The summed E-state index contributed by atoms with van der Waals surface area (Å²) in [7, 11) is 1.57. The molecule has 0 aliphatic heterocycles. The average Bonchev–Trinajstić information content (AvgIpc) is 2.18. The quantitative estimate of drug-likeness (QED) is 0.676. The van der Waals surface area contributed by atoms with Gasteiger partial charge in [0.05, 0.1) is 6.10 Å². The van der Waals surface area contributed by atoms with Crippen LogP contribution in [-0.4, -0.2) is 20.0 Å². The first-order valence-electron chi connectivity index (χ1n) is 4.58. The second kappa shape index (κ2) is 5.73. The summed E-state index contributed by atoms with van der Waals surface area (Å²) < 4.78 is 23.2. The third kappa shape index (κ3) is 3.44. The molecule has 1 rings (SSSR count). The van der Waals surface area contributed by atoms with Crippen molar-refractivity contribution in [3.8, 4) is 0 Å². The summed E-state index contributed by atoms with van der Waals surface area (Å²) in [5.74, 6) is -0.180. The lowest BCUT2D eigenvalue weighted by atomic mass is 10.1. The molecule has 1 aromatic carbocycles. The summed E-state index contributed by atoms with van der Waals surface area (Å²) in [6, 6.07) is 6.72. The largest absolute Gasteiger partial charge is 0.359 e. The molecule has 0 saturated heterocycles. The number of hydrogen-bond donors (Lipinski definition) is 0. The van der Waals surface area contributed by atoms with Crippen LogP contribution in [0.3, 0.4) is 0 Å². The Morgan fingerprint density at radius 2 is 2.07 bits per heavy atom. The van der Waals surface area contributed by atoms with Gasteiger partial charge in [0.1, 0.15) is 12.6 Å². The lowest BCUT2D eigenvalue weighted by Crippen LogP contribution is -2.14. The molecular weight excluding hydrogens is 183 g/mol. The van der Waals surface area contributed by atoms with Gasteiger partial charge in [-0.3, -0.25) is 0 Å². The van der Waals surface area contributed by atoms with Gasteiger partial charge in [-0.1, -0.05) is 18.2 Å². The van der Waals surface area contributed by atoms with Crippen molar-refractivity contribution in [2.45, 2.75) is 19.4 Å². The monoisotopic (exact) mass is 198 g/mol. The normalized spacial score (nSPS) is 12.8. The SMILES string of the molecule is COCOC(C)Cc1ccccc1F. The van der Waals surface area contributed by atoms with E-state index in [1.165, 1.54) is 6.07 Å². The van der Waals surface area contributed by atoms with Crippen LogP contribution in [0.15, 0.2) is 24.3 Å². The third-order valence-corrected chi connectivity index (χ3v) is 1.94. The zero-order valence-electron chi connectivity index (χ0n) is 8.50. The highest BCUT2D eigenvalue weighted by atomic mass is 19.1. The maximum atomic E-state index is 13.2. The van der Waals surface area contributed by atoms with Crippen molar-refractivity contribution in [2.24, 2.45) is 0 Å². The van der Waals surface area contributed by atoms with Gasteiger partial charge in [0.25, 0.3) is 0 Å². The molecule has 1 aromatic rings. The predicted octanol–water partition coefficient (Wildman–Crippen LogP) is 2.38. The number of ether oxygens (including phenoxy) is 2. The molecule has 0 N–H and O–H groups in total. The van der Waals surface area contributed by atoms with E-state index in [0.717, 1.165) is 0 Å². The van der Waals surface area contributed by atoms with Gasteiger partial charge in [0.15, 0.2) is 0 Å². The fourth-order valence-corrected chi connectivity index (χ4v) is 1.22. The van der Waals surface area contributed by atoms with Crippen LogP contribution in [0.25, 0.3) is 0 Å². The highest BCUT2D eigenvalue weighted by Crippen LogP contribution is 2.10. The molecule has 3 heteroatoms. The smallest absolute Gasteiger partial charge is 0.146 e. The first kappa shape index (κ1) is 11.1. The van der Waals surface area contributed by atoms with Gasteiger partial charge < -0.3 is 9.47 Å². The summed E-state index contributed by atoms with van der Waals surface area (Å²) in [6.07, 6.45) is 0.530. The van der Waals surface area contributed by atoms with Crippen LogP contribution in [-0.2, 0) is 15.9 Å². The molecular formula is C11H15FO2. The van der Waals surface area contributed by atoms with E-state index in [4.69, 9.17) is 9.47 Å². The number of methoxy groups -OCH3 is 1. The maximum Gasteiger partial charge on any atom is 0.146 e. The van der Waals surface area contributed by atoms with Crippen molar-refractivity contribution < 1.29 is 13.9 Å². The van der Waals surface area contributed by atoms with Crippen LogP contribution < -0.4 is 0 Å². The van der Waals surface area contributed by atoms with E-state index in [9.17, 15) is 4.39 Å². The van der Waals surface area contributed by atoms with Crippen molar-refractivity contribution in [1.29, 1.82) is 0 Å². The number of rotatable bonds is 5. The van der Waals surface area contributed by atoms with E-state index in [1.54, 1.807) is 19.2 Å². The highest BCUT2D eigenvalue weighted by molar-refractivity contribution is 5.17. The molecule has 0 saturated carbocycles. The van der Waals surface area contributed by atoms with Gasteiger partial charge in [-0.2, -0.15) is 0 Å². The minimum Gasteiger partial charge on any atom is -0.359 e. The van der Waals surface area contributed by atoms with Crippen LogP contribution in [0.4, 0.5) is 4.39 Å². The van der Waals surface area contributed by atoms with Gasteiger partial charge in [-0.25, -0.2) is 4.39 Å². The van der Waals surface area contributed by atoms with Crippen molar-refractivity contribution in [1.82, 2.24) is 0 Å². The van der Waals surface area contributed by atoms with Crippen LogP contribution in [0.1, 0.15) is 12.5 Å². The van der Waals surface area contributed by atoms with Crippen molar-refractivity contribution in [3.63, 3.8) is 0 Å². The number of halogens is 1. The Balaban J connectivity index is 2.47. The summed E-state index contributed by atoms with van der Waals surface area (Å²) in [5, 5.41) is 0. The van der Waals surface area contributed by atoms with Gasteiger partial charge in [0, 0.05) is 13.5 Å². The minimum absolute atomic E-state index is 0.0353. The molecule has 78 valence electrons. The Hall–Kier alpha value is -0.930. The Morgan fingerprint density at radius 1 is 1.36 bits per heavy atom. The molecule has 0 bridgehead atoms. The molecule has 0 aliphatic rings. The fourth-order valence-electron chi connectivity index (χ4n) is 1.22. The maximum absolute atomic E-state index is 13.2. The predicted molar refractivity (Wildman–Crippen MR) is 52.5 cm³/mol. The molecule has 0 radical (unpaired) electrons. The lowest BCUT2D eigenvalue weighted by Gasteiger charge is -2.12. The van der Waals surface area contributed by atoms with E-state index in [0.29, 0.717) is 12.0 Å². The molecule has 0 heterocycles. The minimum atomic E-state index is -0.180. The van der Waals surface area contributed by atoms with Crippen LogP contribution >= 0.6 is 0 Å². The molecule has 0 amide bonds. The van der Waals surface area contributed by atoms with Crippen LogP contribution in [0.5, 0.6) is 0 Å². The lowest BCUT2D eigenvalue weighted by molar-refractivity contribution is -0.0648. The van der Waals surface area contributed by atoms with Crippen molar-refractivity contribution in [2.75, 3.05) is 13.9 Å². The molecule has 0 spiro atoms. The van der Waals surface area contributed by atoms with Crippen LogP contribution in [0.2, 0.25) is 0 Å². The summed E-state index contributed by atoms with van der Waals surface area (Å²) >= 11 is 0. The molecule has 14 heavy (non-hydrogen) atoms. The summed E-state index contributed by atoms with van der Waals surface area (Å²) in [4.78, 5) is 0. The van der Waals surface area contributed by atoms with Gasteiger partial charge in [-0.15, -0.1) is 0 Å². The topological polar surface area (TPSA) is 18.5 Å². The average molecular weight is 198 g/mol. The van der Waals surface area contributed by atoms with E-state index >= 15 is 0 Å². The van der Waals surface area contributed by atoms with Gasteiger partial charge in [0.2, 0.25) is 0 Å².